The fraction of sp³-hybridized carbons (Fsp3) is 0.348. The Labute approximate surface area is 170 Å². The maximum atomic E-state index is 12.6. The molecule has 4 rings (SSSR count). The van der Waals surface area contributed by atoms with Crippen molar-refractivity contribution in [2.45, 2.75) is 19.5 Å². The largest absolute Gasteiger partial charge is 0.348 e. The molecule has 1 saturated heterocycles. The second kappa shape index (κ2) is 8.86. The first-order valence-corrected chi connectivity index (χ1v) is 10.8. The van der Waals surface area contributed by atoms with Crippen LogP contribution in [0.2, 0.25) is 0 Å². The maximum absolute atomic E-state index is 12.6. The molecule has 28 heavy (non-hydrogen) atoms. The van der Waals surface area contributed by atoms with E-state index < -0.39 is 0 Å². The maximum Gasteiger partial charge on any atom is 0.234 e. The number of fused-ring (bicyclic) bond motifs is 1. The van der Waals surface area contributed by atoms with Crippen LogP contribution in [0, 0.1) is 0 Å². The minimum absolute atomic E-state index is 0.00119. The van der Waals surface area contributed by atoms with Crippen LogP contribution in [0.5, 0.6) is 0 Å². The fourth-order valence-corrected chi connectivity index (χ4v) is 4.67. The summed E-state index contributed by atoms with van der Waals surface area (Å²) in [6, 6.07) is 18.9. The van der Waals surface area contributed by atoms with E-state index in [9.17, 15) is 4.79 Å². The zero-order valence-electron chi connectivity index (χ0n) is 16.3. The lowest BCUT2D eigenvalue weighted by Crippen LogP contribution is -2.49. The molecule has 0 saturated carbocycles. The molecule has 1 N–H and O–H groups in total. The molecule has 5 heteroatoms. The van der Waals surface area contributed by atoms with Gasteiger partial charge in [0.1, 0.15) is 0 Å². The molecule has 0 unspecified atom stereocenters. The van der Waals surface area contributed by atoms with E-state index in [0.29, 0.717) is 6.54 Å². The van der Waals surface area contributed by atoms with Crippen molar-refractivity contribution in [3.8, 4) is 0 Å². The number of benzene rings is 2. The molecule has 1 aliphatic heterocycles. The molecule has 1 aliphatic rings. The molecule has 4 nitrogen and oxygen atoms in total. The number of rotatable bonds is 6. The molecule has 0 spiro atoms. The Balaban J connectivity index is 1.28. The highest BCUT2D eigenvalue weighted by atomic mass is 32.1. The number of nitrogens with zero attached hydrogens (tertiary/aromatic N) is 2. The van der Waals surface area contributed by atoms with E-state index in [1.807, 2.05) is 17.4 Å². The van der Waals surface area contributed by atoms with Crippen molar-refractivity contribution >= 4 is 28.0 Å². The summed E-state index contributed by atoms with van der Waals surface area (Å²) in [5.41, 5.74) is 1.17. The number of hydrogen-bond donors (Lipinski definition) is 1. The van der Waals surface area contributed by atoms with Crippen LogP contribution >= 0.6 is 11.3 Å². The fourth-order valence-electron chi connectivity index (χ4n) is 3.92. The Morgan fingerprint density at radius 2 is 1.75 bits per heavy atom. The standard InChI is InChI=1S/C23H27N3OS/c1-18(21-10-4-7-19-6-2-3-9-22(19)21)24-23(27)17-26-13-11-25(12-14-26)16-20-8-5-15-28-20/h2-10,15,18H,11-14,16-17H2,1H3,(H,24,27)/t18-/m0/s1. The molecule has 2 aromatic carbocycles. The van der Waals surface area contributed by atoms with Gasteiger partial charge in [0, 0.05) is 37.6 Å². The van der Waals surface area contributed by atoms with Crippen LogP contribution in [0.3, 0.4) is 0 Å². The third kappa shape index (κ3) is 4.61. The van der Waals surface area contributed by atoms with Gasteiger partial charge in [0.2, 0.25) is 5.91 Å². The third-order valence-electron chi connectivity index (χ3n) is 5.46. The van der Waals surface area contributed by atoms with Gasteiger partial charge < -0.3 is 5.32 Å². The van der Waals surface area contributed by atoms with Crippen LogP contribution in [-0.4, -0.2) is 48.4 Å². The second-order valence-corrected chi connectivity index (χ2v) is 8.52. The van der Waals surface area contributed by atoms with Crippen LogP contribution in [0.4, 0.5) is 0 Å². The molecule has 146 valence electrons. The van der Waals surface area contributed by atoms with Gasteiger partial charge >= 0.3 is 0 Å². The zero-order valence-corrected chi connectivity index (χ0v) is 17.1. The van der Waals surface area contributed by atoms with Crippen molar-refractivity contribution in [3.63, 3.8) is 0 Å². The molecule has 1 fully saturated rings. The predicted octanol–water partition coefficient (Wildman–Crippen LogP) is 3.90. The number of carbonyl (C=O) groups is 1. The summed E-state index contributed by atoms with van der Waals surface area (Å²) in [4.78, 5) is 18.7. The van der Waals surface area contributed by atoms with Crippen molar-refractivity contribution in [1.29, 1.82) is 0 Å². The van der Waals surface area contributed by atoms with Gasteiger partial charge in [0.05, 0.1) is 12.6 Å². The molecule has 0 aliphatic carbocycles. The molecule has 2 heterocycles. The van der Waals surface area contributed by atoms with E-state index in [0.717, 1.165) is 32.7 Å². The first-order chi connectivity index (χ1) is 13.7. The molecular formula is C23H27N3OS. The third-order valence-corrected chi connectivity index (χ3v) is 6.32. The Bertz CT molecular complexity index is 911. The number of nitrogens with one attached hydrogen (secondary N) is 1. The van der Waals surface area contributed by atoms with Crippen LogP contribution in [0.25, 0.3) is 10.8 Å². The van der Waals surface area contributed by atoms with Gasteiger partial charge in [-0.25, -0.2) is 0 Å². The van der Waals surface area contributed by atoms with E-state index in [4.69, 9.17) is 0 Å². The van der Waals surface area contributed by atoms with Gasteiger partial charge in [-0.15, -0.1) is 11.3 Å². The minimum Gasteiger partial charge on any atom is -0.348 e. The summed E-state index contributed by atoms with van der Waals surface area (Å²) >= 11 is 1.81. The summed E-state index contributed by atoms with van der Waals surface area (Å²) in [6.07, 6.45) is 0. The number of amides is 1. The van der Waals surface area contributed by atoms with E-state index in [2.05, 4.69) is 76.0 Å². The smallest absolute Gasteiger partial charge is 0.234 e. The molecule has 1 aromatic heterocycles. The highest BCUT2D eigenvalue weighted by Crippen LogP contribution is 2.24. The van der Waals surface area contributed by atoms with Crippen molar-refractivity contribution in [3.05, 3.63) is 70.4 Å². The lowest BCUT2D eigenvalue weighted by Gasteiger charge is -2.34. The normalized spacial score (nSPS) is 16.9. The molecule has 0 radical (unpaired) electrons. The van der Waals surface area contributed by atoms with Crippen molar-refractivity contribution in [1.82, 2.24) is 15.1 Å². The van der Waals surface area contributed by atoms with E-state index in [1.165, 1.54) is 21.2 Å². The highest BCUT2D eigenvalue weighted by molar-refractivity contribution is 7.09. The first-order valence-electron chi connectivity index (χ1n) is 9.93. The average Bonchev–Trinajstić information content (AvgIpc) is 3.22. The molecule has 1 atom stereocenters. The Morgan fingerprint density at radius 3 is 2.54 bits per heavy atom. The molecule has 1 amide bonds. The number of hydrogen-bond acceptors (Lipinski definition) is 4. The van der Waals surface area contributed by atoms with Crippen LogP contribution in [0.15, 0.2) is 60.0 Å². The zero-order chi connectivity index (χ0) is 19.3. The average molecular weight is 394 g/mol. The van der Waals surface area contributed by atoms with Gasteiger partial charge in [0.15, 0.2) is 0 Å². The lowest BCUT2D eigenvalue weighted by molar-refractivity contribution is -0.123. The number of piperazine rings is 1. The summed E-state index contributed by atoms with van der Waals surface area (Å²) < 4.78 is 0. The lowest BCUT2D eigenvalue weighted by atomic mass is 10.00. The van der Waals surface area contributed by atoms with Gasteiger partial charge in [-0.1, -0.05) is 48.5 Å². The summed E-state index contributed by atoms with van der Waals surface area (Å²) in [5.74, 6) is 0.104. The van der Waals surface area contributed by atoms with E-state index >= 15 is 0 Å². The van der Waals surface area contributed by atoms with Gasteiger partial charge in [-0.3, -0.25) is 14.6 Å². The summed E-state index contributed by atoms with van der Waals surface area (Å²) in [5, 5.41) is 7.74. The SMILES string of the molecule is C[C@H](NC(=O)CN1CCN(Cc2cccs2)CC1)c1cccc2ccccc12. The topological polar surface area (TPSA) is 35.6 Å². The Morgan fingerprint density at radius 1 is 1.00 bits per heavy atom. The van der Waals surface area contributed by atoms with Crippen LogP contribution in [-0.2, 0) is 11.3 Å². The summed E-state index contributed by atoms with van der Waals surface area (Å²) in [7, 11) is 0. The number of carbonyl (C=O) groups excluding carboxylic acids is 1. The molecule has 3 aromatic rings. The Hall–Kier alpha value is -2.21. The van der Waals surface area contributed by atoms with Gasteiger partial charge in [-0.2, -0.15) is 0 Å². The predicted molar refractivity (Wildman–Crippen MR) is 117 cm³/mol. The summed E-state index contributed by atoms with van der Waals surface area (Å²) in [6.45, 7) is 7.49. The van der Waals surface area contributed by atoms with Gasteiger partial charge in [0.25, 0.3) is 0 Å². The van der Waals surface area contributed by atoms with Crippen LogP contribution < -0.4 is 5.32 Å². The Kier molecular flexibility index (Phi) is 6.05. The number of thiophene rings is 1. The quantitative estimate of drug-likeness (QED) is 0.690. The van der Waals surface area contributed by atoms with E-state index in [1.54, 1.807) is 0 Å². The molecular weight excluding hydrogens is 366 g/mol. The second-order valence-electron chi connectivity index (χ2n) is 7.49. The highest BCUT2D eigenvalue weighted by Gasteiger charge is 2.20. The van der Waals surface area contributed by atoms with Crippen molar-refractivity contribution < 1.29 is 4.79 Å². The van der Waals surface area contributed by atoms with Crippen molar-refractivity contribution in [2.24, 2.45) is 0 Å². The van der Waals surface area contributed by atoms with Gasteiger partial charge in [-0.05, 0) is 34.7 Å². The monoisotopic (exact) mass is 393 g/mol. The minimum atomic E-state index is -0.00119. The van der Waals surface area contributed by atoms with E-state index in [-0.39, 0.29) is 11.9 Å². The van der Waals surface area contributed by atoms with Crippen molar-refractivity contribution in [2.75, 3.05) is 32.7 Å². The first kappa shape index (κ1) is 19.1. The molecule has 0 bridgehead atoms. The van der Waals surface area contributed by atoms with Crippen LogP contribution in [0.1, 0.15) is 23.4 Å².